The summed E-state index contributed by atoms with van der Waals surface area (Å²) in [5.74, 6) is -5.64. The maximum atomic E-state index is 13.7. The van der Waals surface area contributed by atoms with E-state index < -0.39 is 29.0 Å². The van der Waals surface area contributed by atoms with Crippen LogP contribution in [0.1, 0.15) is 40.5 Å². The molecule has 0 aliphatic carbocycles. The molecule has 2 aromatic rings. The Kier molecular flexibility index (Phi) is 6.32. The number of carbonyl (C=O) groups is 2. The van der Waals surface area contributed by atoms with Crippen LogP contribution in [-0.4, -0.2) is 35.3 Å². The summed E-state index contributed by atoms with van der Waals surface area (Å²) in [4.78, 5) is 29.9. The van der Waals surface area contributed by atoms with Crippen LogP contribution in [0.15, 0.2) is 30.6 Å². The molecule has 2 amide bonds. The van der Waals surface area contributed by atoms with E-state index in [0.29, 0.717) is 12.6 Å². The van der Waals surface area contributed by atoms with E-state index in [4.69, 9.17) is 0 Å². The number of halogens is 3. The lowest BCUT2D eigenvalue weighted by atomic mass is 10.1. The van der Waals surface area contributed by atoms with Crippen LogP contribution < -0.4 is 5.32 Å². The van der Waals surface area contributed by atoms with E-state index >= 15 is 0 Å². The number of nitrogens with zero attached hydrogens (tertiary/aromatic N) is 2. The lowest BCUT2D eigenvalue weighted by molar-refractivity contribution is 0.0793. The summed E-state index contributed by atoms with van der Waals surface area (Å²) >= 11 is 0. The molecule has 1 heterocycles. The van der Waals surface area contributed by atoms with Gasteiger partial charge in [-0.15, -0.1) is 0 Å². The van der Waals surface area contributed by atoms with E-state index in [1.54, 1.807) is 7.05 Å². The third-order valence-corrected chi connectivity index (χ3v) is 3.72. The average molecular weight is 365 g/mol. The Morgan fingerprint density at radius 1 is 1.12 bits per heavy atom. The van der Waals surface area contributed by atoms with Gasteiger partial charge in [0, 0.05) is 26.0 Å². The molecular formula is C18H18F3N3O2. The van der Waals surface area contributed by atoms with Gasteiger partial charge in [0.15, 0.2) is 17.5 Å². The summed E-state index contributed by atoms with van der Waals surface area (Å²) in [5.41, 5.74) is -0.323. The Morgan fingerprint density at radius 3 is 2.50 bits per heavy atom. The van der Waals surface area contributed by atoms with E-state index in [9.17, 15) is 22.8 Å². The average Bonchev–Trinajstić information content (AvgIpc) is 2.65. The molecule has 0 aliphatic rings. The number of anilines is 1. The van der Waals surface area contributed by atoms with Crippen molar-refractivity contribution in [1.29, 1.82) is 0 Å². The second-order valence-electron chi connectivity index (χ2n) is 5.72. The van der Waals surface area contributed by atoms with Gasteiger partial charge in [-0.05, 0) is 24.6 Å². The molecule has 8 heteroatoms. The second-order valence-corrected chi connectivity index (χ2v) is 5.72. The minimum atomic E-state index is -1.68. The summed E-state index contributed by atoms with van der Waals surface area (Å²) in [6.45, 7) is 2.56. The van der Waals surface area contributed by atoms with E-state index in [2.05, 4.69) is 10.3 Å². The molecule has 5 nitrogen and oxygen atoms in total. The van der Waals surface area contributed by atoms with Gasteiger partial charge in [0.2, 0.25) is 0 Å². The number of carbonyl (C=O) groups excluding carboxylic acids is 2. The van der Waals surface area contributed by atoms with E-state index in [0.717, 1.165) is 18.9 Å². The molecule has 138 valence electrons. The first kappa shape index (κ1) is 19.4. The summed E-state index contributed by atoms with van der Waals surface area (Å²) in [6, 6.07) is 2.92. The van der Waals surface area contributed by atoms with Crippen molar-refractivity contribution in [2.75, 3.05) is 18.9 Å². The molecular weight excluding hydrogens is 347 g/mol. The summed E-state index contributed by atoms with van der Waals surface area (Å²) in [7, 11) is 1.64. The molecule has 26 heavy (non-hydrogen) atoms. The summed E-state index contributed by atoms with van der Waals surface area (Å²) in [5, 5.41) is 2.14. The number of benzene rings is 1. The number of hydrogen-bond donors (Lipinski definition) is 1. The fourth-order valence-electron chi connectivity index (χ4n) is 2.22. The van der Waals surface area contributed by atoms with Crippen LogP contribution in [0.3, 0.4) is 0 Å². The third kappa shape index (κ3) is 4.38. The molecule has 0 aliphatic heterocycles. The monoisotopic (exact) mass is 365 g/mol. The number of rotatable bonds is 6. The van der Waals surface area contributed by atoms with Crippen molar-refractivity contribution in [3.63, 3.8) is 0 Å². The van der Waals surface area contributed by atoms with Crippen molar-refractivity contribution in [3.05, 3.63) is 59.2 Å². The fraction of sp³-hybridized carbons (Fsp3) is 0.278. The van der Waals surface area contributed by atoms with Crippen LogP contribution in [0.5, 0.6) is 0 Å². The Balaban J connectivity index is 2.18. The van der Waals surface area contributed by atoms with Crippen LogP contribution in [0, 0.1) is 17.5 Å². The zero-order chi connectivity index (χ0) is 19.3. The third-order valence-electron chi connectivity index (χ3n) is 3.72. The minimum Gasteiger partial charge on any atom is -0.342 e. The van der Waals surface area contributed by atoms with Gasteiger partial charge in [0.25, 0.3) is 11.8 Å². The van der Waals surface area contributed by atoms with Gasteiger partial charge in [0.1, 0.15) is 0 Å². The van der Waals surface area contributed by atoms with E-state index in [1.165, 1.54) is 23.4 Å². The molecule has 0 fully saturated rings. The second kappa shape index (κ2) is 8.46. The van der Waals surface area contributed by atoms with Crippen LogP contribution in [-0.2, 0) is 0 Å². The molecule has 2 rings (SSSR count). The van der Waals surface area contributed by atoms with Crippen molar-refractivity contribution in [2.24, 2.45) is 0 Å². The van der Waals surface area contributed by atoms with Gasteiger partial charge in [-0.1, -0.05) is 13.3 Å². The first-order valence-corrected chi connectivity index (χ1v) is 8.00. The fourth-order valence-corrected chi connectivity index (χ4v) is 2.22. The number of hydrogen-bond acceptors (Lipinski definition) is 3. The van der Waals surface area contributed by atoms with Crippen molar-refractivity contribution in [3.8, 4) is 0 Å². The first-order chi connectivity index (χ1) is 12.3. The Bertz CT molecular complexity index is 827. The molecule has 0 saturated heterocycles. The molecule has 0 atom stereocenters. The number of amides is 2. The van der Waals surface area contributed by atoms with Crippen LogP contribution >= 0.6 is 0 Å². The molecule has 1 N–H and O–H groups in total. The molecule has 1 aromatic carbocycles. The highest BCUT2D eigenvalue weighted by molar-refractivity contribution is 6.05. The molecule has 0 saturated carbocycles. The van der Waals surface area contributed by atoms with Crippen LogP contribution in [0.4, 0.5) is 18.9 Å². The Morgan fingerprint density at radius 2 is 1.81 bits per heavy atom. The topological polar surface area (TPSA) is 62.3 Å². The van der Waals surface area contributed by atoms with Gasteiger partial charge in [0.05, 0.1) is 16.8 Å². The number of aromatic nitrogens is 1. The Labute approximate surface area is 148 Å². The zero-order valence-corrected chi connectivity index (χ0v) is 14.4. The van der Waals surface area contributed by atoms with Gasteiger partial charge < -0.3 is 10.2 Å². The van der Waals surface area contributed by atoms with Crippen molar-refractivity contribution >= 4 is 17.5 Å². The lowest BCUT2D eigenvalue weighted by Crippen LogP contribution is -2.28. The lowest BCUT2D eigenvalue weighted by Gasteiger charge is -2.16. The van der Waals surface area contributed by atoms with E-state index in [1.807, 2.05) is 6.92 Å². The molecule has 1 aromatic heterocycles. The number of nitrogens with one attached hydrogen (secondary N) is 1. The normalized spacial score (nSPS) is 10.5. The quantitative estimate of drug-likeness (QED) is 0.796. The highest BCUT2D eigenvalue weighted by Gasteiger charge is 2.18. The van der Waals surface area contributed by atoms with E-state index in [-0.39, 0.29) is 17.0 Å². The smallest absolute Gasteiger partial charge is 0.257 e. The van der Waals surface area contributed by atoms with Gasteiger partial charge in [-0.2, -0.15) is 0 Å². The summed E-state index contributed by atoms with van der Waals surface area (Å²) < 4.78 is 39.9. The maximum Gasteiger partial charge on any atom is 0.257 e. The SMILES string of the molecule is CCCCN(C)C(=O)c1cncc(C(=O)Nc2ccc(F)c(F)c2F)c1. The molecule has 0 bridgehead atoms. The first-order valence-electron chi connectivity index (χ1n) is 8.00. The minimum absolute atomic E-state index is 0.0103. The predicted molar refractivity (Wildman–Crippen MR) is 90.4 cm³/mol. The molecule has 0 unspecified atom stereocenters. The standard InChI is InChI=1S/C18H18F3N3O2/c1-3-4-7-24(2)18(26)12-8-11(9-22-10-12)17(25)23-14-6-5-13(19)15(20)16(14)21/h5-6,8-10H,3-4,7H2,1-2H3,(H,23,25). The number of pyridine rings is 1. The maximum absolute atomic E-state index is 13.7. The van der Waals surface area contributed by atoms with Gasteiger partial charge in [-0.3, -0.25) is 14.6 Å². The Hall–Kier alpha value is -2.90. The predicted octanol–water partition coefficient (Wildman–Crippen LogP) is 3.62. The highest BCUT2D eigenvalue weighted by Crippen LogP contribution is 2.20. The van der Waals surface area contributed by atoms with Crippen molar-refractivity contribution < 1.29 is 22.8 Å². The van der Waals surface area contributed by atoms with Crippen molar-refractivity contribution in [2.45, 2.75) is 19.8 Å². The van der Waals surface area contributed by atoms with Crippen LogP contribution in [0.25, 0.3) is 0 Å². The van der Waals surface area contributed by atoms with Gasteiger partial charge >= 0.3 is 0 Å². The molecule has 0 spiro atoms. The molecule has 0 radical (unpaired) electrons. The van der Waals surface area contributed by atoms with Crippen LogP contribution in [0.2, 0.25) is 0 Å². The van der Waals surface area contributed by atoms with Crippen molar-refractivity contribution in [1.82, 2.24) is 9.88 Å². The highest BCUT2D eigenvalue weighted by atomic mass is 19.2. The summed E-state index contributed by atoms with van der Waals surface area (Å²) in [6.07, 6.45) is 4.28. The largest absolute Gasteiger partial charge is 0.342 e. The van der Waals surface area contributed by atoms with Gasteiger partial charge in [-0.25, -0.2) is 13.2 Å². The zero-order valence-electron chi connectivity index (χ0n) is 14.4. The number of unbranched alkanes of at least 4 members (excludes halogenated alkanes) is 1.